The summed E-state index contributed by atoms with van der Waals surface area (Å²) in [6.07, 6.45) is 8.52. The molecule has 0 aromatic heterocycles. The summed E-state index contributed by atoms with van der Waals surface area (Å²) < 4.78 is 12.5. The van der Waals surface area contributed by atoms with E-state index in [0.717, 1.165) is 70.2 Å². The first-order chi connectivity index (χ1) is 14.0. The Hall–Kier alpha value is -1.72. The van der Waals surface area contributed by atoms with Crippen LogP contribution in [0.25, 0.3) is 0 Å². The van der Waals surface area contributed by atoms with Gasteiger partial charge in [0, 0.05) is 31.6 Å². The molecule has 1 unspecified atom stereocenters. The number of aliphatic hydroxyl groups is 1. The number of allylic oxidation sites excluding steroid dienone is 1. The van der Waals surface area contributed by atoms with E-state index in [9.17, 15) is 14.3 Å². The first-order valence-electron chi connectivity index (χ1n) is 11.1. The lowest BCUT2D eigenvalue weighted by atomic mass is 9.79. The van der Waals surface area contributed by atoms with Gasteiger partial charge in [0.05, 0.1) is 0 Å². The van der Waals surface area contributed by atoms with Crippen LogP contribution in [0.15, 0.2) is 42.0 Å². The number of nitrogens with zero attached hydrogens (tertiary/aromatic N) is 1. The number of rotatable bonds is 8. The predicted octanol–water partition coefficient (Wildman–Crippen LogP) is 3.95. The van der Waals surface area contributed by atoms with Gasteiger partial charge in [0.25, 0.3) is 5.91 Å². The average Bonchev–Trinajstić information content (AvgIpc) is 3.30. The van der Waals surface area contributed by atoms with Crippen LogP contribution in [0.1, 0.15) is 57.4 Å². The maximum atomic E-state index is 13.3. The van der Waals surface area contributed by atoms with E-state index < -0.39 is 5.60 Å². The third kappa shape index (κ3) is 5.46. The highest BCUT2D eigenvalue weighted by Gasteiger charge is 2.46. The molecule has 160 valence electrons. The molecule has 1 amide bonds. The monoisotopic (exact) mass is 402 g/mol. The molecule has 1 saturated carbocycles. The molecule has 4 nitrogen and oxygen atoms in total. The molecule has 29 heavy (non-hydrogen) atoms. The Kier molecular flexibility index (Phi) is 7.84. The van der Waals surface area contributed by atoms with Crippen molar-refractivity contribution >= 4 is 5.91 Å². The molecule has 1 aliphatic carbocycles. The summed E-state index contributed by atoms with van der Waals surface area (Å²) in [6, 6.07) is 9.52. The van der Waals surface area contributed by atoms with Crippen LogP contribution in [0.4, 0.5) is 4.39 Å². The molecule has 1 heterocycles. The Morgan fingerprint density at radius 3 is 2.48 bits per heavy atom. The van der Waals surface area contributed by atoms with Crippen molar-refractivity contribution < 1.29 is 14.3 Å². The van der Waals surface area contributed by atoms with Crippen LogP contribution in [-0.2, 0) is 10.4 Å². The summed E-state index contributed by atoms with van der Waals surface area (Å²) in [4.78, 5) is 15.6. The molecule has 1 aromatic rings. The lowest BCUT2D eigenvalue weighted by Gasteiger charge is -2.37. The smallest absolute Gasteiger partial charge is 0.257 e. The first kappa shape index (κ1) is 22.0. The first-order valence-corrected chi connectivity index (χ1v) is 11.1. The number of nitrogens with one attached hydrogen (secondary N) is 1. The lowest BCUT2D eigenvalue weighted by molar-refractivity contribution is -0.148. The molecule has 0 bridgehead atoms. The molecular weight excluding hydrogens is 367 g/mol. The zero-order chi connectivity index (χ0) is 20.7. The molecule has 0 spiro atoms. The standard InChI is InChI=1S/C24H35FN2O2/c1-19(18-25)8-7-15-27-16-13-22(14-17-27)26-23(28)24(29,21-11-5-6-12-21)20-9-3-2-4-10-20/h2-4,8-10,21-22,29H,5-7,11-18H2,1H3,(H,26,28). The van der Waals surface area contributed by atoms with Gasteiger partial charge in [-0.3, -0.25) is 4.79 Å². The van der Waals surface area contributed by atoms with Crippen LogP contribution in [-0.4, -0.2) is 48.3 Å². The fourth-order valence-corrected chi connectivity index (χ4v) is 4.73. The minimum absolute atomic E-state index is 0.0180. The van der Waals surface area contributed by atoms with Gasteiger partial charge in [-0.05, 0) is 50.2 Å². The van der Waals surface area contributed by atoms with E-state index in [4.69, 9.17) is 0 Å². The Morgan fingerprint density at radius 1 is 1.21 bits per heavy atom. The number of carbonyl (C=O) groups is 1. The molecule has 1 atom stereocenters. The molecule has 3 rings (SSSR count). The van der Waals surface area contributed by atoms with Crippen LogP contribution in [0.2, 0.25) is 0 Å². The Labute approximate surface area is 174 Å². The molecule has 2 aliphatic rings. The van der Waals surface area contributed by atoms with Crippen LogP contribution in [0.3, 0.4) is 0 Å². The van der Waals surface area contributed by atoms with Crippen LogP contribution >= 0.6 is 0 Å². The summed E-state index contributed by atoms with van der Waals surface area (Å²) in [6.45, 7) is 4.20. The van der Waals surface area contributed by atoms with E-state index in [0.29, 0.717) is 5.56 Å². The van der Waals surface area contributed by atoms with Gasteiger partial charge in [-0.15, -0.1) is 0 Å². The SMILES string of the molecule is CC(=CCCN1CCC(NC(=O)C(O)(c2ccccc2)C2CCCC2)CC1)CF. The molecule has 1 aliphatic heterocycles. The number of hydrogen-bond donors (Lipinski definition) is 2. The van der Waals surface area contributed by atoms with Crippen LogP contribution in [0, 0.1) is 5.92 Å². The average molecular weight is 403 g/mol. The van der Waals surface area contributed by atoms with Crippen molar-refractivity contribution in [3.8, 4) is 0 Å². The van der Waals surface area contributed by atoms with Crippen LogP contribution < -0.4 is 5.32 Å². The number of benzene rings is 1. The lowest BCUT2D eigenvalue weighted by Crippen LogP contribution is -2.54. The maximum Gasteiger partial charge on any atom is 0.257 e. The number of carbonyl (C=O) groups excluding carboxylic acids is 1. The normalized spacial score (nSPS) is 21.8. The second-order valence-corrected chi connectivity index (χ2v) is 8.68. The van der Waals surface area contributed by atoms with E-state index >= 15 is 0 Å². The van der Waals surface area contributed by atoms with Crippen molar-refractivity contribution in [3.63, 3.8) is 0 Å². The number of likely N-dealkylation sites (tertiary alicyclic amines) is 1. The summed E-state index contributed by atoms with van der Waals surface area (Å²) in [5, 5.41) is 14.7. The van der Waals surface area contributed by atoms with Crippen molar-refractivity contribution in [1.82, 2.24) is 10.2 Å². The van der Waals surface area contributed by atoms with Gasteiger partial charge in [0.2, 0.25) is 0 Å². The summed E-state index contributed by atoms with van der Waals surface area (Å²) in [5.74, 6) is -0.258. The number of hydrogen-bond acceptors (Lipinski definition) is 3. The Balaban J connectivity index is 1.57. The highest BCUT2D eigenvalue weighted by molar-refractivity contribution is 5.87. The van der Waals surface area contributed by atoms with E-state index in [-0.39, 0.29) is 24.5 Å². The fourth-order valence-electron chi connectivity index (χ4n) is 4.73. The van der Waals surface area contributed by atoms with Gasteiger partial charge >= 0.3 is 0 Å². The highest BCUT2D eigenvalue weighted by atomic mass is 19.1. The van der Waals surface area contributed by atoms with E-state index in [2.05, 4.69) is 10.2 Å². The second-order valence-electron chi connectivity index (χ2n) is 8.68. The van der Waals surface area contributed by atoms with E-state index in [1.165, 1.54) is 0 Å². The highest BCUT2D eigenvalue weighted by Crippen LogP contribution is 2.41. The van der Waals surface area contributed by atoms with Gasteiger partial charge in [-0.25, -0.2) is 4.39 Å². The summed E-state index contributed by atoms with van der Waals surface area (Å²) in [7, 11) is 0. The van der Waals surface area contributed by atoms with Gasteiger partial charge in [-0.1, -0.05) is 49.2 Å². The predicted molar refractivity (Wildman–Crippen MR) is 114 cm³/mol. The largest absolute Gasteiger partial charge is 0.375 e. The number of halogens is 1. The maximum absolute atomic E-state index is 13.3. The molecular formula is C24H35FN2O2. The number of amides is 1. The van der Waals surface area contributed by atoms with E-state index in [1.807, 2.05) is 43.3 Å². The van der Waals surface area contributed by atoms with E-state index in [1.54, 1.807) is 0 Å². The zero-order valence-electron chi connectivity index (χ0n) is 17.6. The Morgan fingerprint density at radius 2 is 1.86 bits per heavy atom. The van der Waals surface area contributed by atoms with Crippen molar-refractivity contribution in [2.24, 2.45) is 5.92 Å². The van der Waals surface area contributed by atoms with Crippen molar-refractivity contribution in [2.75, 3.05) is 26.3 Å². The zero-order valence-corrected chi connectivity index (χ0v) is 17.6. The molecule has 5 heteroatoms. The topological polar surface area (TPSA) is 52.6 Å². The second kappa shape index (κ2) is 10.4. The molecule has 0 radical (unpaired) electrons. The third-order valence-electron chi connectivity index (χ3n) is 6.58. The molecule has 2 N–H and O–H groups in total. The fraction of sp³-hybridized carbons (Fsp3) is 0.625. The van der Waals surface area contributed by atoms with Crippen molar-refractivity contribution in [3.05, 3.63) is 47.5 Å². The van der Waals surface area contributed by atoms with Gasteiger partial charge in [0.1, 0.15) is 6.67 Å². The van der Waals surface area contributed by atoms with Gasteiger partial charge in [-0.2, -0.15) is 0 Å². The summed E-state index contributed by atoms with van der Waals surface area (Å²) >= 11 is 0. The molecule has 1 saturated heterocycles. The minimum atomic E-state index is -1.44. The van der Waals surface area contributed by atoms with Gasteiger partial charge in [0.15, 0.2) is 5.60 Å². The quantitative estimate of drug-likeness (QED) is 0.648. The van der Waals surface area contributed by atoms with Gasteiger partial charge < -0.3 is 15.3 Å². The minimum Gasteiger partial charge on any atom is -0.375 e. The molecule has 2 fully saturated rings. The van der Waals surface area contributed by atoms with Crippen molar-refractivity contribution in [1.29, 1.82) is 0 Å². The van der Waals surface area contributed by atoms with Crippen LogP contribution in [0.5, 0.6) is 0 Å². The van der Waals surface area contributed by atoms with Crippen molar-refractivity contribution in [2.45, 2.75) is 63.5 Å². The number of alkyl halides is 1. The third-order valence-corrected chi connectivity index (χ3v) is 6.58. The molecule has 1 aromatic carbocycles. The summed E-state index contributed by atoms with van der Waals surface area (Å²) in [5.41, 5.74) is 0.0555. The number of piperidine rings is 1. The Bertz CT molecular complexity index is 679.